The fourth-order valence-corrected chi connectivity index (χ4v) is 3.05. The van der Waals surface area contributed by atoms with Crippen molar-refractivity contribution in [3.05, 3.63) is 52.7 Å². The third-order valence-electron chi connectivity index (χ3n) is 3.50. The number of carbonyl (C=O) groups excluding carboxylic acids is 1. The van der Waals surface area contributed by atoms with E-state index in [0.29, 0.717) is 17.5 Å². The number of hydrogen-bond donors (Lipinski definition) is 1. The highest BCUT2D eigenvalue weighted by Crippen LogP contribution is 2.21. The van der Waals surface area contributed by atoms with E-state index >= 15 is 0 Å². The lowest BCUT2D eigenvalue weighted by Gasteiger charge is -2.15. The maximum atomic E-state index is 12.2. The Morgan fingerprint density at radius 2 is 2.08 bits per heavy atom. The summed E-state index contributed by atoms with van der Waals surface area (Å²) in [5.74, 6) is 1.32. The molecule has 7 heteroatoms. The number of ether oxygens (including phenoxy) is 1. The number of rotatable bonds is 6. The molecule has 0 spiro atoms. The molecule has 0 fully saturated rings. The predicted molar refractivity (Wildman–Crippen MR) is 95.5 cm³/mol. The Bertz CT molecular complexity index is 838. The number of hydrogen-bond acceptors (Lipinski definition) is 6. The zero-order valence-electron chi connectivity index (χ0n) is 14.3. The minimum absolute atomic E-state index is 0.164. The second-order valence-electron chi connectivity index (χ2n) is 5.79. The van der Waals surface area contributed by atoms with E-state index < -0.39 is 6.10 Å². The monoisotopic (exact) mass is 357 g/mol. The summed E-state index contributed by atoms with van der Waals surface area (Å²) in [6.07, 6.45) is -0.624. The molecular formula is C18H19N3O3S. The molecule has 1 N–H and O–H groups in total. The Balaban J connectivity index is 1.55. The molecular weight excluding hydrogens is 338 g/mol. The SMILES string of the molecule is Cc1cc(C)cc(O[C@H](C)C(=O)NCc2nc(-c3cccs3)no2)c1. The van der Waals surface area contributed by atoms with E-state index in [4.69, 9.17) is 9.26 Å². The van der Waals surface area contributed by atoms with E-state index in [9.17, 15) is 4.79 Å². The van der Waals surface area contributed by atoms with E-state index in [1.165, 1.54) is 11.3 Å². The van der Waals surface area contributed by atoms with E-state index in [1.54, 1.807) is 6.92 Å². The van der Waals surface area contributed by atoms with Crippen LogP contribution in [0, 0.1) is 13.8 Å². The standard InChI is InChI=1S/C18H19N3O3S/c1-11-7-12(2)9-14(8-11)23-13(3)18(22)19-10-16-20-17(21-24-16)15-5-4-6-25-15/h4-9,13H,10H2,1-3H3,(H,19,22)/t13-/m1/s1. The van der Waals surface area contributed by atoms with Crippen molar-refractivity contribution in [1.82, 2.24) is 15.5 Å². The largest absolute Gasteiger partial charge is 0.481 e. The van der Waals surface area contributed by atoms with Crippen LogP contribution < -0.4 is 10.1 Å². The normalized spacial score (nSPS) is 12.0. The first-order valence-electron chi connectivity index (χ1n) is 7.90. The molecule has 0 aliphatic carbocycles. The van der Waals surface area contributed by atoms with Crippen LogP contribution in [0.4, 0.5) is 0 Å². The highest BCUT2D eigenvalue weighted by atomic mass is 32.1. The molecule has 3 rings (SSSR count). The van der Waals surface area contributed by atoms with Gasteiger partial charge in [0.15, 0.2) is 6.10 Å². The van der Waals surface area contributed by atoms with Crippen molar-refractivity contribution in [3.8, 4) is 16.5 Å². The number of aromatic nitrogens is 2. The van der Waals surface area contributed by atoms with Crippen molar-refractivity contribution >= 4 is 17.2 Å². The molecule has 2 aromatic heterocycles. The average molecular weight is 357 g/mol. The second-order valence-corrected chi connectivity index (χ2v) is 6.74. The molecule has 1 aromatic carbocycles. The molecule has 3 aromatic rings. The molecule has 2 heterocycles. The number of amides is 1. The number of nitrogens with one attached hydrogen (secondary N) is 1. The number of benzene rings is 1. The van der Waals surface area contributed by atoms with E-state index in [0.717, 1.165) is 16.0 Å². The second kappa shape index (κ2) is 7.48. The zero-order chi connectivity index (χ0) is 17.8. The first-order valence-corrected chi connectivity index (χ1v) is 8.78. The molecule has 0 aliphatic rings. The summed E-state index contributed by atoms with van der Waals surface area (Å²) < 4.78 is 10.9. The van der Waals surface area contributed by atoms with Crippen LogP contribution in [-0.2, 0) is 11.3 Å². The summed E-state index contributed by atoms with van der Waals surface area (Å²) in [5.41, 5.74) is 2.18. The molecule has 1 amide bonds. The van der Waals surface area contributed by atoms with Gasteiger partial charge in [-0.05, 0) is 55.5 Å². The van der Waals surface area contributed by atoms with Crippen LogP contribution in [0.15, 0.2) is 40.2 Å². The van der Waals surface area contributed by atoms with Crippen LogP contribution in [0.25, 0.3) is 10.7 Å². The number of carbonyl (C=O) groups is 1. The van der Waals surface area contributed by atoms with Gasteiger partial charge in [0, 0.05) is 0 Å². The topological polar surface area (TPSA) is 77.2 Å². The van der Waals surface area contributed by atoms with Crippen LogP contribution in [-0.4, -0.2) is 22.2 Å². The Morgan fingerprint density at radius 1 is 1.32 bits per heavy atom. The van der Waals surface area contributed by atoms with E-state index in [1.807, 2.05) is 43.5 Å². The molecule has 25 heavy (non-hydrogen) atoms. The first kappa shape index (κ1) is 17.2. The van der Waals surface area contributed by atoms with Crippen LogP contribution in [0.5, 0.6) is 5.75 Å². The summed E-state index contributed by atoms with van der Waals surface area (Å²) in [6, 6.07) is 9.70. The third kappa shape index (κ3) is 4.45. The Morgan fingerprint density at radius 3 is 2.76 bits per heavy atom. The highest BCUT2D eigenvalue weighted by molar-refractivity contribution is 7.13. The highest BCUT2D eigenvalue weighted by Gasteiger charge is 2.16. The van der Waals surface area contributed by atoms with Gasteiger partial charge in [-0.15, -0.1) is 11.3 Å². The van der Waals surface area contributed by atoms with Crippen molar-refractivity contribution in [2.75, 3.05) is 0 Å². The van der Waals surface area contributed by atoms with Crippen molar-refractivity contribution in [2.45, 2.75) is 33.4 Å². The van der Waals surface area contributed by atoms with E-state index in [-0.39, 0.29) is 12.5 Å². The summed E-state index contributed by atoms with van der Waals surface area (Å²) in [4.78, 5) is 17.4. The van der Waals surface area contributed by atoms with Gasteiger partial charge < -0.3 is 14.6 Å². The Hall–Kier alpha value is -2.67. The summed E-state index contributed by atoms with van der Waals surface area (Å²) in [7, 11) is 0. The molecule has 6 nitrogen and oxygen atoms in total. The lowest BCUT2D eigenvalue weighted by molar-refractivity contribution is -0.127. The van der Waals surface area contributed by atoms with Gasteiger partial charge >= 0.3 is 0 Å². The number of aryl methyl sites for hydroxylation is 2. The van der Waals surface area contributed by atoms with Gasteiger partial charge in [0.2, 0.25) is 11.7 Å². The smallest absolute Gasteiger partial charge is 0.261 e. The van der Waals surface area contributed by atoms with Crippen molar-refractivity contribution < 1.29 is 14.1 Å². The number of nitrogens with zero attached hydrogens (tertiary/aromatic N) is 2. The van der Waals surface area contributed by atoms with Gasteiger partial charge in [-0.3, -0.25) is 4.79 Å². The molecule has 0 bridgehead atoms. The quantitative estimate of drug-likeness (QED) is 0.730. The van der Waals surface area contributed by atoms with Crippen LogP contribution in [0.3, 0.4) is 0 Å². The molecule has 0 saturated heterocycles. The van der Waals surface area contributed by atoms with Crippen LogP contribution in [0.2, 0.25) is 0 Å². The fraction of sp³-hybridized carbons (Fsp3) is 0.278. The maximum absolute atomic E-state index is 12.2. The molecule has 0 saturated carbocycles. The Labute approximate surface area is 149 Å². The minimum atomic E-state index is -0.624. The fourth-order valence-electron chi connectivity index (χ4n) is 2.40. The lowest BCUT2D eigenvalue weighted by atomic mass is 10.1. The average Bonchev–Trinajstić information content (AvgIpc) is 3.22. The van der Waals surface area contributed by atoms with Gasteiger partial charge in [-0.1, -0.05) is 17.3 Å². The van der Waals surface area contributed by atoms with Gasteiger partial charge in [0.1, 0.15) is 5.75 Å². The molecule has 0 radical (unpaired) electrons. The van der Waals surface area contributed by atoms with Gasteiger partial charge in [-0.2, -0.15) is 4.98 Å². The molecule has 1 atom stereocenters. The van der Waals surface area contributed by atoms with Crippen molar-refractivity contribution in [2.24, 2.45) is 0 Å². The summed E-state index contributed by atoms with van der Waals surface area (Å²) >= 11 is 1.53. The molecule has 0 aliphatic heterocycles. The third-order valence-corrected chi connectivity index (χ3v) is 4.37. The maximum Gasteiger partial charge on any atom is 0.261 e. The van der Waals surface area contributed by atoms with Crippen molar-refractivity contribution in [1.29, 1.82) is 0 Å². The van der Waals surface area contributed by atoms with Crippen molar-refractivity contribution in [3.63, 3.8) is 0 Å². The predicted octanol–water partition coefficient (Wildman–Crippen LogP) is 3.50. The van der Waals surface area contributed by atoms with E-state index in [2.05, 4.69) is 21.5 Å². The van der Waals surface area contributed by atoms with Gasteiger partial charge in [-0.25, -0.2) is 0 Å². The zero-order valence-corrected chi connectivity index (χ0v) is 15.1. The summed E-state index contributed by atoms with van der Waals surface area (Å²) in [6.45, 7) is 5.85. The number of thiophene rings is 1. The molecule has 0 unspecified atom stereocenters. The lowest BCUT2D eigenvalue weighted by Crippen LogP contribution is -2.36. The van der Waals surface area contributed by atoms with Gasteiger partial charge in [0.25, 0.3) is 5.91 Å². The summed E-state index contributed by atoms with van der Waals surface area (Å²) in [5, 5.41) is 8.60. The van der Waals surface area contributed by atoms with Crippen LogP contribution >= 0.6 is 11.3 Å². The van der Waals surface area contributed by atoms with Crippen LogP contribution in [0.1, 0.15) is 23.9 Å². The Kier molecular flexibility index (Phi) is 5.14. The first-order chi connectivity index (χ1) is 12.0. The molecule has 130 valence electrons. The minimum Gasteiger partial charge on any atom is -0.481 e. The van der Waals surface area contributed by atoms with Gasteiger partial charge in [0.05, 0.1) is 11.4 Å².